The SMILES string of the molecule is COc1cc(C#N)ccc1NCCCN1CCCC1. The van der Waals surface area contributed by atoms with E-state index in [4.69, 9.17) is 10.00 Å². The molecule has 0 unspecified atom stereocenters. The van der Waals surface area contributed by atoms with Gasteiger partial charge in [-0.3, -0.25) is 0 Å². The molecule has 1 aromatic carbocycles. The van der Waals surface area contributed by atoms with Crippen LogP contribution in [0.15, 0.2) is 18.2 Å². The molecule has 1 N–H and O–H groups in total. The summed E-state index contributed by atoms with van der Waals surface area (Å²) in [5.41, 5.74) is 1.59. The zero-order chi connectivity index (χ0) is 13.5. The lowest BCUT2D eigenvalue weighted by Crippen LogP contribution is -2.22. The lowest BCUT2D eigenvalue weighted by molar-refractivity contribution is 0.337. The molecule has 0 aromatic heterocycles. The molecule has 0 radical (unpaired) electrons. The molecule has 1 aromatic rings. The zero-order valence-electron chi connectivity index (χ0n) is 11.5. The summed E-state index contributed by atoms with van der Waals surface area (Å²) in [5.74, 6) is 0.736. The Bertz CT molecular complexity index is 447. The van der Waals surface area contributed by atoms with Crippen LogP contribution >= 0.6 is 0 Å². The number of anilines is 1. The summed E-state index contributed by atoms with van der Waals surface area (Å²) in [6.07, 6.45) is 3.82. The monoisotopic (exact) mass is 259 g/mol. The van der Waals surface area contributed by atoms with Gasteiger partial charge in [0.15, 0.2) is 0 Å². The summed E-state index contributed by atoms with van der Waals surface area (Å²) in [7, 11) is 1.63. The predicted octanol–water partition coefficient (Wildman–Crippen LogP) is 2.46. The molecule has 0 atom stereocenters. The van der Waals surface area contributed by atoms with Crippen LogP contribution in [-0.2, 0) is 0 Å². The van der Waals surface area contributed by atoms with E-state index in [1.165, 1.54) is 25.9 Å². The lowest BCUT2D eigenvalue weighted by atomic mass is 10.2. The van der Waals surface area contributed by atoms with Crippen LogP contribution in [0.4, 0.5) is 5.69 Å². The van der Waals surface area contributed by atoms with Crippen LogP contribution in [0, 0.1) is 11.3 Å². The smallest absolute Gasteiger partial charge is 0.143 e. The molecule has 0 bridgehead atoms. The maximum absolute atomic E-state index is 8.85. The molecule has 4 heteroatoms. The second kappa shape index (κ2) is 7.01. The fourth-order valence-electron chi connectivity index (χ4n) is 2.44. The third-order valence-electron chi connectivity index (χ3n) is 3.50. The minimum Gasteiger partial charge on any atom is -0.495 e. The number of ether oxygens (including phenoxy) is 1. The number of methoxy groups -OCH3 is 1. The van der Waals surface area contributed by atoms with Gasteiger partial charge in [-0.15, -0.1) is 0 Å². The van der Waals surface area contributed by atoms with E-state index in [1.807, 2.05) is 12.1 Å². The van der Waals surface area contributed by atoms with Crippen molar-refractivity contribution in [3.63, 3.8) is 0 Å². The van der Waals surface area contributed by atoms with Crippen molar-refractivity contribution in [1.29, 1.82) is 5.26 Å². The molecule has 1 aliphatic rings. The van der Waals surface area contributed by atoms with E-state index < -0.39 is 0 Å². The van der Waals surface area contributed by atoms with Crippen LogP contribution in [0.5, 0.6) is 5.75 Å². The van der Waals surface area contributed by atoms with E-state index in [0.29, 0.717) is 5.56 Å². The highest BCUT2D eigenvalue weighted by molar-refractivity contribution is 5.59. The maximum Gasteiger partial charge on any atom is 0.143 e. The topological polar surface area (TPSA) is 48.3 Å². The molecular formula is C15H21N3O. The Morgan fingerprint density at radius 3 is 2.84 bits per heavy atom. The van der Waals surface area contributed by atoms with Crippen LogP contribution in [0.2, 0.25) is 0 Å². The summed E-state index contributed by atoms with van der Waals surface area (Å²) >= 11 is 0. The van der Waals surface area contributed by atoms with Gasteiger partial charge in [-0.25, -0.2) is 0 Å². The fourth-order valence-corrected chi connectivity index (χ4v) is 2.44. The van der Waals surface area contributed by atoms with E-state index in [9.17, 15) is 0 Å². The quantitative estimate of drug-likeness (QED) is 0.797. The number of nitrogens with zero attached hydrogens (tertiary/aromatic N) is 2. The fraction of sp³-hybridized carbons (Fsp3) is 0.533. The Morgan fingerprint density at radius 1 is 1.37 bits per heavy atom. The summed E-state index contributed by atoms with van der Waals surface area (Å²) < 4.78 is 5.29. The normalized spacial score (nSPS) is 15.2. The minimum absolute atomic E-state index is 0.625. The molecule has 0 saturated carbocycles. The number of hydrogen-bond acceptors (Lipinski definition) is 4. The molecule has 0 aliphatic carbocycles. The van der Waals surface area contributed by atoms with Gasteiger partial charge in [-0.05, 0) is 51.0 Å². The second-order valence-corrected chi connectivity index (χ2v) is 4.86. The first kappa shape index (κ1) is 13.7. The average Bonchev–Trinajstić information content (AvgIpc) is 2.96. The molecule has 1 saturated heterocycles. The molecule has 0 amide bonds. The van der Waals surface area contributed by atoms with E-state index in [1.54, 1.807) is 13.2 Å². The first-order valence-electron chi connectivity index (χ1n) is 6.88. The Morgan fingerprint density at radius 2 is 2.16 bits per heavy atom. The van der Waals surface area contributed by atoms with E-state index in [0.717, 1.165) is 30.9 Å². The molecule has 102 valence electrons. The summed E-state index contributed by atoms with van der Waals surface area (Å²) in [4.78, 5) is 2.51. The number of likely N-dealkylation sites (tertiary alicyclic amines) is 1. The molecule has 2 rings (SSSR count). The molecule has 4 nitrogen and oxygen atoms in total. The number of hydrogen-bond donors (Lipinski definition) is 1. The molecule has 1 fully saturated rings. The van der Waals surface area contributed by atoms with Crippen LogP contribution in [0.25, 0.3) is 0 Å². The van der Waals surface area contributed by atoms with Crippen LogP contribution in [-0.4, -0.2) is 38.2 Å². The average molecular weight is 259 g/mol. The number of benzene rings is 1. The van der Waals surface area contributed by atoms with Crippen LogP contribution in [0.1, 0.15) is 24.8 Å². The van der Waals surface area contributed by atoms with Gasteiger partial charge in [0.1, 0.15) is 5.75 Å². The first-order chi connectivity index (χ1) is 9.33. The van der Waals surface area contributed by atoms with Gasteiger partial charge in [0.05, 0.1) is 24.4 Å². The molecular weight excluding hydrogens is 238 g/mol. The zero-order valence-corrected chi connectivity index (χ0v) is 11.5. The molecule has 1 aliphatic heterocycles. The Labute approximate surface area is 115 Å². The second-order valence-electron chi connectivity index (χ2n) is 4.86. The number of nitrogens with one attached hydrogen (secondary N) is 1. The highest BCUT2D eigenvalue weighted by Crippen LogP contribution is 2.25. The van der Waals surface area contributed by atoms with Crippen molar-refractivity contribution in [2.45, 2.75) is 19.3 Å². The minimum atomic E-state index is 0.625. The van der Waals surface area contributed by atoms with Gasteiger partial charge in [-0.2, -0.15) is 5.26 Å². The summed E-state index contributed by atoms with van der Waals surface area (Å²) in [6.45, 7) is 4.59. The predicted molar refractivity (Wildman–Crippen MR) is 76.5 cm³/mol. The maximum atomic E-state index is 8.85. The van der Waals surface area contributed by atoms with Crippen molar-refractivity contribution in [2.75, 3.05) is 38.6 Å². The van der Waals surface area contributed by atoms with Gasteiger partial charge in [0, 0.05) is 12.6 Å². The number of nitriles is 1. The first-order valence-corrected chi connectivity index (χ1v) is 6.88. The summed E-state index contributed by atoms with van der Waals surface area (Å²) in [5, 5.41) is 12.2. The molecule has 1 heterocycles. The van der Waals surface area contributed by atoms with Gasteiger partial charge < -0.3 is 15.0 Å². The van der Waals surface area contributed by atoms with E-state index in [2.05, 4.69) is 16.3 Å². The van der Waals surface area contributed by atoms with Gasteiger partial charge in [0.25, 0.3) is 0 Å². The van der Waals surface area contributed by atoms with Crippen molar-refractivity contribution in [3.8, 4) is 11.8 Å². The standard InChI is InChI=1S/C15H21N3O/c1-19-15-11-13(12-16)5-6-14(15)17-7-4-10-18-8-2-3-9-18/h5-6,11,17H,2-4,7-10H2,1H3. The van der Waals surface area contributed by atoms with Crippen molar-refractivity contribution in [2.24, 2.45) is 0 Å². The number of rotatable bonds is 6. The van der Waals surface area contributed by atoms with Gasteiger partial charge in [-0.1, -0.05) is 0 Å². The molecule has 0 spiro atoms. The lowest BCUT2D eigenvalue weighted by Gasteiger charge is -2.15. The van der Waals surface area contributed by atoms with Crippen molar-refractivity contribution in [3.05, 3.63) is 23.8 Å². The van der Waals surface area contributed by atoms with Crippen molar-refractivity contribution >= 4 is 5.69 Å². The van der Waals surface area contributed by atoms with E-state index in [-0.39, 0.29) is 0 Å². The largest absolute Gasteiger partial charge is 0.495 e. The highest BCUT2D eigenvalue weighted by atomic mass is 16.5. The van der Waals surface area contributed by atoms with Crippen LogP contribution in [0.3, 0.4) is 0 Å². The Balaban J connectivity index is 1.80. The van der Waals surface area contributed by atoms with E-state index >= 15 is 0 Å². The Hall–Kier alpha value is -1.73. The summed E-state index contributed by atoms with van der Waals surface area (Å²) in [6, 6.07) is 7.61. The third-order valence-corrected chi connectivity index (χ3v) is 3.50. The van der Waals surface area contributed by atoms with Crippen molar-refractivity contribution in [1.82, 2.24) is 4.90 Å². The van der Waals surface area contributed by atoms with Crippen LogP contribution < -0.4 is 10.1 Å². The molecule has 19 heavy (non-hydrogen) atoms. The highest BCUT2D eigenvalue weighted by Gasteiger charge is 2.10. The van der Waals surface area contributed by atoms with Crippen molar-refractivity contribution < 1.29 is 4.74 Å². The Kier molecular flexibility index (Phi) is 5.05. The van der Waals surface area contributed by atoms with Gasteiger partial charge in [0.2, 0.25) is 0 Å². The third kappa shape index (κ3) is 3.87. The van der Waals surface area contributed by atoms with Gasteiger partial charge >= 0.3 is 0 Å².